The number of hydrogen-bond acceptors (Lipinski definition) is 10. The Morgan fingerprint density at radius 3 is 2.00 bits per heavy atom. The van der Waals surface area contributed by atoms with Gasteiger partial charge in [0.05, 0.1) is 0 Å². The van der Waals surface area contributed by atoms with Gasteiger partial charge in [0, 0.05) is 39.9 Å². The van der Waals surface area contributed by atoms with Gasteiger partial charge in [-0.1, -0.05) is 30.4 Å². The van der Waals surface area contributed by atoms with Gasteiger partial charge in [0.2, 0.25) is 0 Å². The number of carbonyl (C=O) groups excluding carboxylic acids is 4. The zero-order chi connectivity index (χ0) is 24.4. The first-order valence-electron chi connectivity index (χ1n) is 10.4. The van der Waals surface area contributed by atoms with E-state index in [0.717, 1.165) is 5.69 Å². The molecule has 10 heteroatoms. The molecule has 1 heterocycles. The quantitative estimate of drug-likeness (QED) is 0.329. The van der Waals surface area contributed by atoms with Crippen LogP contribution in [0.15, 0.2) is 42.5 Å². The van der Waals surface area contributed by atoms with E-state index in [1.165, 1.54) is 27.7 Å². The molecule has 10 nitrogen and oxygen atoms in total. The zero-order valence-corrected chi connectivity index (χ0v) is 19.0. The van der Waals surface area contributed by atoms with Crippen LogP contribution in [0.25, 0.3) is 0 Å². The lowest BCUT2D eigenvalue weighted by Gasteiger charge is -2.43. The molecule has 0 saturated carbocycles. The molecule has 0 bridgehead atoms. The fourth-order valence-corrected chi connectivity index (χ4v) is 3.35. The predicted molar refractivity (Wildman–Crippen MR) is 116 cm³/mol. The summed E-state index contributed by atoms with van der Waals surface area (Å²) < 4.78 is 27.2. The third-order valence-electron chi connectivity index (χ3n) is 4.55. The molecule has 180 valence electrons. The van der Waals surface area contributed by atoms with Gasteiger partial charge in [-0.05, 0) is 12.1 Å². The van der Waals surface area contributed by atoms with Crippen LogP contribution in [0.2, 0.25) is 0 Å². The van der Waals surface area contributed by atoms with Crippen molar-refractivity contribution in [2.75, 3.05) is 18.5 Å². The highest BCUT2D eigenvalue weighted by Crippen LogP contribution is 2.30. The van der Waals surface area contributed by atoms with E-state index in [-0.39, 0.29) is 6.61 Å². The van der Waals surface area contributed by atoms with Gasteiger partial charge < -0.3 is 29.0 Å². The van der Waals surface area contributed by atoms with Crippen molar-refractivity contribution in [2.45, 2.75) is 58.2 Å². The topological polar surface area (TPSA) is 126 Å². The highest BCUT2D eigenvalue weighted by atomic mass is 16.7. The smallest absolute Gasteiger partial charge is 0.303 e. The summed E-state index contributed by atoms with van der Waals surface area (Å²) in [6.45, 7) is 4.95. The van der Waals surface area contributed by atoms with Crippen LogP contribution in [0.1, 0.15) is 27.7 Å². The molecule has 1 fully saturated rings. The molecule has 5 atom stereocenters. The van der Waals surface area contributed by atoms with E-state index in [9.17, 15) is 19.2 Å². The minimum absolute atomic E-state index is 0.259. The summed E-state index contributed by atoms with van der Waals surface area (Å²) in [6, 6.07) is 9.50. The van der Waals surface area contributed by atoms with Crippen LogP contribution in [0.5, 0.6) is 0 Å². The second kappa shape index (κ2) is 12.6. The molecule has 1 aliphatic rings. The largest absolute Gasteiger partial charge is 0.463 e. The van der Waals surface area contributed by atoms with Crippen molar-refractivity contribution in [2.24, 2.45) is 0 Å². The minimum atomic E-state index is -1.18. The van der Waals surface area contributed by atoms with Crippen molar-refractivity contribution in [1.29, 1.82) is 0 Å². The van der Waals surface area contributed by atoms with E-state index >= 15 is 0 Å². The second-order valence-corrected chi connectivity index (χ2v) is 7.34. The molecule has 0 radical (unpaired) electrons. The maximum absolute atomic E-state index is 11.8. The van der Waals surface area contributed by atoms with E-state index < -0.39 is 54.4 Å². The molecule has 0 spiro atoms. The zero-order valence-electron chi connectivity index (χ0n) is 19.0. The maximum Gasteiger partial charge on any atom is 0.303 e. The van der Waals surface area contributed by atoms with Gasteiger partial charge in [0.1, 0.15) is 18.8 Å². The molecule has 1 aliphatic heterocycles. The molecule has 1 aromatic rings. The normalized spacial score (nSPS) is 24.5. The van der Waals surface area contributed by atoms with E-state index in [1.54, 1.807) is 12.2 Å². The number of nitrogens with one attached hydrogen (secondary N) is 1. The van der Waals surface area contributed by atoms with Crippen LogP contribution in [0, 0.1) is 0 Å². The fourth-order valence-electron chi connectivity index (χ4n) is 3.35. The summed E-state index contributed by atoms with van der Waals surface area (Å²) in [5, 5.41) is 3.20. The number of anilines is 1. The van der Waals surface area contributed by atoms with Gasteiger partial charge in [-0.25, -0.2) is 0 Å². The minimum Gasteiger partial charge on any atom is -0.463 e. The van der Waals surface area contributed by atoms with Crippen LogP contribution in [-0.2, 0) is 42.9 Å². The Bertz CT molecular complexity index is 855. The molecule has 1 saturated heterocycles. The number of hydrogen-bond donors (Lipinski definition) is 1. The standard InChI is InChI=1S/C23H29NO9/c1-14(25)29-13-20-22(31-16(3)27)23(32-17(4)28)21(30-15(2)26)19(33-20)11-8-12-24-18-9-6-5-7-10-18/h5-11,19-24H,12-13H2,1-4H3/b11-8+/t19-,20+,21-,22-,23+/m0/s1. The Morgan fingerprint density at radius 2 is 1.42 bits per heavy atom. The Morgan fingerprint density at radius 1 is 0.848 bits per heavy atom. The molecule has 0 aromatic heterocycles. The van der Waals surface area contributed by atoms with Crippen LogP contribution in [-0.4, -0.2) is 67.5 Å². The highest BCUT2D eigenvalue weighted by molar-refractivity contribution is 5.68. The van der Waals surface area contributed by atoms with E-state index in [0.29, 0.717) is 6.54 Å². The monoisotopic (exact) mass is 463 g/mol. The summed E-state index contributed by atoms with van der Waals surface area (Å²) in [6.07, 6.45) is -1.88. The number of ether oxygens (including phenoxy) is 5. The molecule has 0 amide bonds. The van der Waals surface area contributed by atoms with Crippen LogP contribution in [0.3, 0.4) is 0 Å². The Hall–Kier alpha value is -3.40. The predicted octanol–water partition coefficient (Wildman–Crippen LogP) is 1.78. The van der Waals surface area contributed by atoms with Gasteiger partial charge in [-0.15, -0.1) is 0 Å². The molecular formula is C23H29NO9. The van der Waals surface area contributed by atoms with Gasteiger partial charge in [-0.3, -0.25) is 19.2 Å². The van der Waals surface area contributed by atoms with Crippen molar-refractivity contribution in [3.05, 3.63) is 42.5 Å². The van der Waals surface area contributed by atoms with E-state index in [1.807, 2.05) is 30.3 Å². The molecule has 1 N–H and O–H groups in total. The fraction of sp³-hybridized carbons (Fsp3) is 0.478. The lowest BCUT2D eigenvalue weighted by Crippen LogP contribution is -2.61. The van der Waals surface area contributed by atoms with Crippen LogP contribution < -0.4 is 5.32 Å². The van der Waals surface area contributed by atoms with Crippen LogP contribution >= 0.6 is 0 Å². The first-order valence-corrected chi connectivity index (χ1v) is 10.4. The maximum atomic E-state index is 11.8. The van der Waals surface area contributed by atoms with Crippen LogP contribution in [0.4, 0.5) is 5.69 Å². The molecule has 0 unspecified atom stereocenters. The van der Waals surface area contributed by atoms with Crippen molar-refractivity contribution in [3.63, 3.8) is 0 Å². The molecule has 0 aliphatic carbocycles. The Balaban J connectivity index is 2.29. The third-order valence-corrected chi connectivity index (χ3v) is 4.55. The lowest BCUT2D eigenvalue weighted by atomic mass is 9.93. The first-order chi connectivity index (χ1) is 15.7. The second-order valence-electron chi connectivity index (χ2n) is 7.34. The number of rotatable bonds is 9. The number of carbonyl (C=O) groups is 4. The van der Waals surface area contributed by atoms with Crippen molar-refractivity contribution in [3.8, 4) is 0 Å². The third kappa shape index (κ3) is 8.57. The molecule has 2 rings (SSSR count). The van der Waals surface area contributed by atoms with Gasteiger partial charge in [-0.2, -0.15) is 0 Å². The lowest BCUT2D eigenvalue weighted by molar-refractivity contribution is -0.244. The van der Waals surface area contributed by atoms with Crippen molar-refractivity contribution in [1.82, 2.24) is 0 Å². The Kier molecular flexibility index (Phi) is 9.86. The van der Waals surface area contributed by atoms with Gasteiger partial charge in [0.15, 0.2) is 18.3 Å². The number of esters is 4. The summed E-state index contributed by atoms with van der Waals surface area (Å²) in [5.41, 5.74) is 0.906. The summed E-state index contributed by atoms with van der Waals surface area (Å²) in [4.78, 5) is 46.7. The van der Waals surface area contributed by atoms with Gasteiger partial charge >= 0.3 is 23.9 Å². The van der Waals surface area contributed by atoms with E-state index in [4.69, 9.17) is 23.7 Å². The van der Waals surface area contributed by atoms with E-state index in [2.05, 4.69) is 5.32 Å². The summed E-state index contributed by atoms with van der Waals surface area (Å²) >= 11 is 0. The molecule has 1 aromatic carbocycles. The summed E-state index contributed by atoms with van der Waals surface area (Å²) in [5.74, 6) is -2.54. The summed E-state index contributed by atoms with van der Waals surface area (Å²) in [7, 11) is 0. The average molecular weight is 463 g/mol. The molecule has 33 heavy (non-hydrogen) atoms. The van der Waals surface area contributed by atoms with Crippen molar-refractivity contribution >= 4 is 29.6 Å². The van der Waals surface area contributed by atoms with Gasteiger partial charge in [0.25, 0.3) is 0 Å². The molecular weight excluding hydrogens is 434 g/mol. The van der Waals surface area contributed by atoms with Crippen molar-refractivity contribution < 1.29 is 42.9 Å². The Labute approximate surface area is 192 Å². The highest BCUT2D eigenvalue weighted by Gasteiger charge is 2.51. The number of benzene rings is 1. The SMILES string of the molecule is CC(=O)OC[C@H]1O[C@@H](/C=C/CNc2ccccc2)[C@H](OC(C)=O)[C@@H](OC(C)=O)[C@H]1OC(C)=O. The first kappa shape index (κ1) is 25.9. The number of para-hydroxylation sites is 1. The average Bonchev–Trinajstić information content (AvgIpc) is 2.73.